The van der Waals surface area contributed by atoms with Gasteiger partial charge >= 0.3 is 0 Å². The number of nitrogens with zero attached hydrogens (tertiary/aromatic N) is 1. The predicted octanol–water partition coefficient (Wildman–Crippen LogP) is 2.34. The van der Waals surface area contributed by atoms with Crippen LogP contribution in [0.2, 0.25) is 0 Å². The molecular weight excluding hydrogens is 252 g/mol. The molecule has 0 saturated carbocycles. The Hall–Kier alpha value is -1.49. The topological polar surface area (TPSA) is 40.5 Å². The second-order valence-corrected chi connectivity index (χ2v) is 5.27. The summed E-state index contributed by atoms with van der Waals surface area (Å²) in [5.74, 6) is -1.87. The van der Waals surface area contributed by atoms with Crippen LogP contribution in [0.3, 0.4) is 0 Å². The maximum absolute atomic E-state index is 13.6. The molecule has 0 aromatic heterocycles. The van der Waals surface area contributed by atoms with E-state index in [0.29, 0.717) is 32.4 Å². The van der Waals surface area contributed by atoms with Gasteiger partial charge in [0, 0.05) is 13.1 Å². The molecule has 0 aliphatic carbocycles. The Morgan fingerprint density at radius 2 is 2.05 bits per heavy atom. The van der Waals surface area contributed by atoms with Crippen LogP contribution in [0.1, 0.15) is 36.5 Å². The van der Waals surface area contributed by atoms with Gasteiger partial charge in [0.25, 0.3) is 5.91 Å². The summed E-state index contributed by atoms with van der Waals surface area (Å²) in [4.78, 5) is 13.6. The first-order valence-corrected chi connectivity index (χ1v) is 6.36. The molecule has 1 heterocycles. The second kappa shape index (κ2) is 5.25. The van der Waals surface area contributed by atoms with E-state index in [2.05, 4.69) is 0 Å². The van der Waals surface area contributed by atoms with Gasteiger partial charge in [-0.2, -0.15) is 0 Å². The lowest BCUT2D eigenvalue weighted by atomic mass is 9.98. The summed E-state index contributed by atoms with van der Waals surface area (Å²) in [6.45, 7) is 2.52. The van der Waals surface area contributed by atoms with E-state index >= 15 is 0 Å². The zero-order valence-electron chi connectivity index (χ0n) is 10.8. The van der Waals surface area contributed by atoms with Crippen molar-refractivity contribution in [1.82, 2.24) is 4.90 Å². The highest BCUT2D eigenvalue weighted by molar-refractivity contribution is 5.94. The van der Waals surface area contributed by atoms with Gasteiger partial charge < -0.3 is 10.0 Å². The zero-order chi connectivity index (χ0) is 14.0. The molecule has 3 nitrogen and oxygen atoms in total. The minimum Gasteiger partial charge on any atom is -0.390 e. The fourth-order valence-corrected chi connectivity index (χ4v) is 2.30. The predicted molar refractivity (Wildman–Crippen MR) is 66.7 cm³/mol. The third kappa shape index (κ3) is 3.29. The Labute approximate surface area is 110 Å². The molecule has 0 bridgehead atoms. The Morgan fingerprint density at radius 3 is 2.79 bits per heavy atom. The molecule has 1 aromatic carbocycles. The monoisotopic (exact) mass is 269 g/mol. The lowest BCUT2D eigenvalue weighted by molar-refractivity contribution is 0.0437. The van der Waals surface area contributed by atoms with Crippen LogP contribution in [0.5, 0.6) is 0 Å². The van der Waals surface area contributed by atoms with Crippen LogP contribution in [0.4, 0.5) is 8.78 Å². The minimum atomic E-state index is -0.796. The van der Waals surface area contributed by atoms with E-state index < -0.39 is 23.1 Å². The quantitative estimate of drug-likeness (QED) is 0.850. The van der Waals surface area contributed by atoms with Gasteiger partial charge in [0.05, 0.1) is 11.2 Å². The van der Waals surface area contributed by atoms with Crippen LogP contribution in [0.25, 0.3) is 0 Å². The van der Waals surface area contributed by atoms with Gasteiger partial charge in [-0.25, -0.2) is 8.78 Å². The molecule has 5 heteroatoms. The largest absolute Gasteiger partial charge is 0.390 e. The molecular formula is C14H17F2NO2. The smallest absolute Gasteiger partial charge is 0.256 e. The van der Waals surface area contributed by atoms with Crippen LogP contribution >= 0.6 is 0 Å². The lowest BCUT2D eigenvalue weighted by Gasteiger charge is -2.22. The van der Waals surface area contributed by atoms with E-state index in [0.717, 1.165) is 18.2 Å². The van der Waals surface area contributed by atoms with Crippen molar-refractivity contribution < 1.29 is 18.7 Å². The normalized spacial score (nSPS) is 24.1. The molecule has 1 N–H and O–H groups in total. The molecule has 0 spiro atoms. The lowest BCUT2D eigenvalue weighted by Crippen LogP contribution is -2.34. The fraction of sp³-hybridized carbons (Fsp3) is 0.500. The molecule has 104 valence electrons. The Bertz CT molecular complexity index is 488. The highest BCUT2D eigenvalue weighted by atomic mass is 19.1. The minimum absolute atomic E-state index is 0.249. The summed E-state index contributed by atoms with van der Waals surface area (Å²) in [5, 5.41) is 9.95. The Morgan fingerprint density at radius 1 is 1.32 bits per heavy atom. The summed E-state index contributed by atoms with van der Waals surface area (Å²) in [5.41, 5.74) is -1.04. The van der Waals surface area contributed by atoms with E-state index in [1.807, 2.05) is 0 Å². The van der Waals surface area contributed by atoms with Gasteiger partial charge in [-0.3, -0.25) is 4.79 Å². The van der Waals surface area contributed by atoms with Crippen molar-refractivity contribution in [1.29, 1.82) is 0 Å². The number of aliphatic hydroxyl groups is 1. The van der Waals surface area contributed by atoms with Crippen LogP contribution in [-0.4, -0.2) is 34.6 Å². The summed E-state index contributed by atoms with van der Waals surface area (Å²) >= 11 is 0. The number of rotatable bonds is 1. The number of carbonyl (C=O) groups excluding carboxylic acids is 1. The first-order valence-electron chi connectivity index (χ1n) is 6.36. The summed E-state index contributed by atoms with van der Waals surface area (Å²) in [6.07, 6.45) is 1.69. The average molecular weight is 269 g/mol. The van der Waals surface area contributed by atoms with Crippen molar-refractivity contribution in [2.75, 3.05) is 13.1 Å². The average Bonchev–Trinajstić information content (AvgIpc) is 2.52. The van der Waals surface area contributed by atoms with E-state index in [9.17, 15) is 18.7 Å². The molecule has 1 aromatic rings. The van der Waals surface area contributed by atoms with Crippen LogP contribution < -0.4 is 0 Å². The van der Waals surface area contributed by atoms with Crippen molar-refractivity contribution in [3.05, 3.63) is 35.4 Å². The number of amides is 1. The van der Waals surface area contributed by atoms with Gasteiger partial charge in [0.15, 0.2) is 0 Å². The van der Waals surface area contributed by atoms with E-state index in [4.69, 9.17) is 0 Å². The van der Waals surface area contributed by atoms with Crippen molar-refractivity contribution in [3.63, 3.8) is 0 Å². The number of hydrogen-bond acceptors (Lipinski definition) is 2. The van der Waals surface area contributed by atoms with Gasteiger partial charge in [-0.05, 0) is 44.4 Å². The summed E-state index contributed by atoms with van der Waals surface area (Å²) in [6, 6.07) is 2.86. The number of hydrogen-bond donors (Lipinski definition) is 1. The SMILES string of the molecule is CC1(O)CCCN(C(=O)c2cc(F)ccc2F)CC1. The summed E-state index contributed by atoms with van der Waals surface area (Å²) < 4.78 is 26.7. The van der Waals surface area contributed by atoms with Crippen molar-refractivity contribution in [2.45, 2.75) is 31.8 Å². The maximum atomic E-state index is 13.6. The number of likely N-dealkylation sites (tertiary alicyclic amines) is 1. The molecule has 1 aliphatic heterocycles. The highest BCUT2D eigenvalue weighted by Crippen LogP contribution is 2.23. The molecule has 1 fully saturated rings. The molecule has 19 heavy (non-hydrogen) atoms. The molecule has 1 amide bonds. The van der Waals surface area contributed by atoms with Crippen molar-refractivity contribution >= 4 is 5.91 Å². The van der Waals surface area contributed by atoms with Gasteiger partial charge in [-0.15, -0.1) is 0 Å². The Balaban J connectivity index is 2.17. The zero-order valence-corrected chi connectivity index (χ0v) is 10.8. The van der Waals surface area contributed by atoms with E-state index in [1.54, 1.807) is 6.92 Å². The first-order chi connectivity index (χ1) is 8.89. The number of benzene rings is 1. The first kappa shape index (κ1) is 13.9. The van der Waals surface area contributed by atoms with Gasteiger partial charge in [0.1, 0.15) is 11.6 Å². The Kier molecular flexibility index (Phi) is 3.85. The molecule has 1 saturated heterocycles. The molecule has 1 unspecified atom stereocenters. The third-order valence-corrected chi connectivity index (χ3v) is 3.51. The molecule has 1 aliphatic rings. The molecule has 2 rings (SSSR count). The maximum Gasteiger partial charge on any atom is 0.256 e. The highest BCUT2D eigenvalue weighted by Gasteiger charge is 2.28. The van der Waals surface area contributed by atoms with Gasteiger partial charge in [0.2, 0.25) is 0 Å². The van der Waals surface area contributed by atoms with Crippen molar-refractivity contribution in [3.8, 4) is 0 Å². The molecule has 0 radical (unpaired) electrons. The standard InChI is InChI=1S/C14H17F2NO2/c1-14(19)5-2-7-17(8-6-14)13(18)11-9-10(15)3-4-12(11)16/h3-4,9,19H,2,5-8H2,1H3. The van der Waals surface area contributed by atoms with E-state index in [-0.39, 0.29) is 5.56 Å². The van der Waals surface area contributed by atoms with Gasteiger partial charge in [-0.1, -0.05) is 0 Å². The van der Waals surface area contributed by atoms with Crippen LogP contribution in [0, 0.1) is 11.6 Å². The second-order valence-electron chi connectivity index (χ2n) is 5.27. The summed E-state index contributed by atoms with van der Waals surface area (Å²) in [7, 11) is 0. The van der Waals surface area contributed by atoms with E-state index in [1.165, 1.54) is 4.90 Å². The third-order valence-electron chi connectivity index (χ3n) is 3.51. The molecule has 1 atom stereocenters. The van der Waals surface area contributed by atoms with Crippen molar-refractivity contribution in [2.24, 2.45) is 0 Å². The van der Waals surface area contributed by atoms with Crippen LogP contribution in [-0.2, 0) is 0 Å². The number of carbonyl (C=O) groups is 1. The number of halogens is 2. The van der Waals surface area contributed by atoms with Crippen LogP contribution in [0.15, 0.2) is 18.2 Å². The fourth-order valence-electron chi connectivity index (χ4n) is 2.30.